The number of aliphatic hydroxyl groups is 1. The second-order valence-electron chi connectivity index (χ2n) is 4.97. The molecule has 0 heterocycles. The third-order valence-corrected chi connectivity index (χ3v) is 3.16. The Kier molecular flexibility index (Phi) is 5.12. The number of hydrogen-bond acceptors (Lipinski definition) is 3. The fraction of sp³-hybridized carbons (Fsp3) is 0.400. The van der Waals surface area contributed by atoms with E-state index in [1.165, 1.54) is 11.0 Å². The van der Waals surface area contributed by atoms with E-state index in [0.717, 1.165) is 11.3 Å². The van der Waals surface area contributed by atoms with Crippen molar-refractivity contribution in [2.45, 2.75) is 19.4 Å². The molecular formula is C15H21NO3. The second kappa shape index (κ2) is 6.38. The molecule has 4 heteroatoms. The lowest BCUT2D eigenvalue weighted by molar-refractivity contribution is -0.130. The summed E-state index contributed by atoms with van der Waals surface area (Å²) in [5.74, 6) is 0.636. The van der Waals surface area contributed by atoms with Gasteiger partial charge in [-0.15, -0.1) is 0 Å². The van der Waals surface area contributed by atoms with E-state index in [-0.39, 0.29) is 12.5 Å². The Morgan fingerprint density at radius 3 is 2.42 bits per heavy atom. The molecule has 1 N–H and O–H groups in total. The quantitative estimate of drug-likeness (QED) is 0.826. The molecule has 0 aromatic heterocycles. The fourth-order valence-electron chi connectivity index (χ4n) is 1.40. The van der Waals surface area contributed by atoms with Crippen LogP contribution in [0.2, 0.25) is 0 Å². The highest BCUT2D eigenvalue weighted by atomic mass is 16.5. The molecule has 104 valence electrons. The highest BCUT2D eigenvalue weighted by molar-refractivity contribution is 5.92. The van der Waals surface area contributed by atoms with Crippen LogP contribution < -0.4 is 4.74 Å². The highest BCUT2D eigenvalue weighted by Gasteiger charge is 2.25. The molecule has 1 aromatic carbocycles. The lowest BCUT2D eigenvalue weighted by Crippen LogP contribution is -2.47. The molecule has 4 nitrogen and oxygen atoms in total. The molecule has 0 radical (unpaired) electrons. The molecule has 1 rings (SSSR count). The van der Waals surface area contributed by atoms with Crippen LogP contribution in [0.15, 0.2) is 30.3 Å². The van der Waals surface area contributed by atoms with Gasteiger partial charge in [-0.3, -0.25) is 4.79 Å². The first kappa shape index (κ1) is 15.2. The van der Waals surface area contributed by atoms with E-state index in [9.17, 15) is 9.90 Å². The minimum absolute atomic E-state index is 0.0778. The molecule has 0 saturated heterocycles. The Bertz CT molecular complexity index is 449. The summed E-state index contributed by atoms with van der Waals surface area (Å²) in [5.41, 5.74) is 0.353. The van der Waals surface area contributed by atoms with Gasteiger partial charge in [-0.1, -0.05) is 12.1 Å². The van der Waals surface area contributed by atoms with Crippen molar-refractivity contribution in [2.24, 2.45) is 0 Å². The Labute approximate surface area is 114 Å². The van der Waals surface area contributed by atoms with Gasteiger partial charge in [-0.05, 0) is 37.6 Å². The molecule has 0 saturated carbocycles. The number of methoxy groups -OCH3 is 1. The minimum atomic E-state index is -0.568. The van der Waals surface area contributed by atoms with Crippen molar-refractivity contribution in [3.05, 3.63) is 35.9 Å². The van der Waals surface area contributed by atoms with Crippen molar-refractivity contribution >= 4 is 12.0 Å². The summed E-state index contributed by atoms with van der Waals surface area (Å²) in [4.78, 5) is 13.5. The predicted octanol–water partition coefficient (Wildman–Crippen LogP) is 1.94. The first-order chi connectivity index (χ1) is 8.90. The zero-order valence-electron chi connectivity index (χ0n) is 11.9. The summed E-state index contributed by atoms with van der Waals surface area (Å²) in [7, 11) is 3.29. The van der Waals surface area contributed by atoms with Crippen molar-refractivity contribution in [3.63, 3.8) is 0 Å². The van der Waals surface area contributed by atoms with Crippen LogP contribution in [-0.4, -0.2) is 42.2 Å². The van der Waals surface area contributed by atoms with E-state index in [2.05, 4.69) is 0 Å². The van der Waals surface area contributed by atoms with Gasteiger partial charge in [0.25, 0.3) is 0 Å². The van der Waals surface area contributed by atoms with Gasteiger partial charge < -0.3 is 14.7 Å². The molecule has 0 aliphatic carbocycles. The predicted molar refractivity (Wildman–Crippen MR) is 76.0 cm³/mol. The molecule has 0 fully saturated rings. The maximum Gasteiger partial charge on any atom is 0.246 e. The van der Waals surface area contributed by atoms with Gasteiger partial charge in [0.2, 0.25) is 5.91 Å². The third kappa shape index (κ3) is 4.10. The molecule has 0 spiro atoms. The summed E-state index contributed by atoms with van der Waals surface area (Å²) >= 11 is 0. The topological polar surface area (TPSA) is 49.8 Å². The molecule has 1 aromatic rings. The number of hydrogen-bond donors (Lipinski definition) is 1. The maximum atomic E-state index is 11.9. The van der Waals surface area contributed by atoms with Crippen molar-refractivity contribution in [2.75, 3.05) is 20.8 Å². The zero-order chi connectivity index (χ0) is 14.5. The first-order valence-electron chi connectivity index (χ1n) is 6.11. The van der Waals surface area contributed by atoms with Gasteiger partial charge in [0.05, 0.1) is 19.3 Å². The lowest BCUT2D eigenvalue weighted by Gasteiger charge is -2.33. The third-order valence-electron chi connectivity index (χ3n) is 3.16. The van der Waals surface area contributed by atoms with Gasteiger partial charge in [-0.2, -0.15) is 0 Å². The first-order valence-corrected chi connectivity index (χ1v) is 6.11. The number of ether oxygens (including phenoxy) is 1. The molecule has 1 amide bonds. The number of likely N-dealkylation sites (N-methyl/N-ethyl adjacent to an activating group) is 1. The van der Waals surface area contributed by atoms with Gasteiger partial charge in [0.1, 0.15) is 5.75 Å². The number of nitrogens with zero attached hydrogens (tertiary/aromatic N) is 1. The average molecular weight is 263 g/mol. The van der Waals surface area contributed by atoms with E-state index in [4.69, 9.17) is 4.74 Å². The largest absolute Gasteiger partial charge is 0.497 e. The van der Waals surface area contributed by atoms with Gasteiger partial charge in [0.15, 0.2) is 0 Å². The summed E-state index contributed by atoms with van der Waals surface area (Å²) in [6, 6.07) is 7.43. The monoisotopic (exact) mass is 263 g/mol. The normalized spacial score (nSPS) is 11.6. The van der Waals surface area contributed by atoms with Crippen molar-refractivity contribution < 1.29 is 14.6 Å². The molecule has 0 bridgehead atoms. The van der Waals surface area contributed by atoms with Gasteiger partial charge >= 0.3 is 0 Å². The molecule has 0 aliphatic heterocycles. The fourth-order valence-corrected chi connectivity index (χ4v) is 1.40. The van der Waals surface area contributed by atoms with Crippen LogP contribution in [0.4, 0.5) is 0 Å². The average Bonchev–Trinajstić information content (AvgIpc) is 2.44. The van der Waals surface area contributed by atoms with Gasteiger partial charge in [-0.25, -0.2) is 0 Å². The van der Waals surface area contributed by atoms with E-state index < -0.39 is 5.54 Å². The van der Waals surface area contributed by atoms with E-state index in [1.54, 1.807) is 20.2 Å². The number of rotatable bonds is 5. The maximum absolute atomic E-state index is 11.9. The van der Waals surface area contributed by atoms with Crippen LogP contribution in [0, 0.1) is 0 Å². The lowest BCUT2D eigenvalue weighted by atomic mass is 10.1. The molecule has 0 aliphatic rings. The van der Waals surface area contributed by atoms with Gasteiger partial charge in [0, 0.05) is 13.1 Å². The van der Waals surface area contributed by atoms with Crippen LogP contribution in [0.3, 0.4) is 0 Å². The zero-order valence-corrected chi connectivity index (χ0v) is 11.9. The molecule has 19 heavy (non-hydrogen) atoms. The Hall–Kier alpha value is -1.81. The Morgan fingerprint density at radius 1 is 1.37 bits per heavy atom. The summed E-state index contributed by atoms with van der Waals surface area (Å²) in [5, 5.41) is 9.22. The second-order valence-corrected chi connectivity index (χ2v) is 4.97. The number of amides is 1. The van der Waals surface area contributed by atoms with Crippen LogP contribution in [0.25, 0.3) is 6.08 Å². The van der Waals surface area contributed by atoms with Crippen LogP contribution in [-0.2, 0) is 4.79 Å². The van der Waals surface area contributed by atoms with Crippen LogP contribution in [0.1, 0.15) is 19.4 Å². The van der Waals surface area contributed by atoms with E-state index in [0.29, 0.717) is 0 Å². The number of carbonyl (C=O) groups excluding carboxylic acids is 1. The SMILES string of the molecule is COc1ccc(/C=C/C(=O)N(C)C(C)(C)CO)cc1. The van der Waals surface area contributed by atoms with Crippen molar-refractivity contribution in [3.8, 4) is 5.75 Å². The van der Waals surface area contributed by atoms with Crippen molar-refractivity contribution in [1.82, 2.24) is 4.90 Å². The summed E-state index contributed by atoms with van der Waals surface area (Å²) in [6.07, 6.45) is 3.24. The summed E-state index contributed by atoms with van der Waals surface area (Å²) < 4.78 is 5.07. The Morgan fingerprint density at radius 2 is 1.95 bits per heavy atom. The highest BCUT2D eigenvalue weighted by Crippen LogP contribution is 2.14. The van der Waals surface area contributed by atoms with Crippen LogP contribution >= 0.6 is 0 Å². The molecular weight excluding hydrogens is 242 g/mol. The standard InChI is InChI=1S/C15H21NO3/c1-15(2,11-17)16(3)14(18)10-7-12-5-8-13(19-4)9-6-12/h5-10,17H,11H2,1-4H3/b10-7+. The van der Waals surface area contributed by atoms with E-state index in [1.807, 2.05) is 38.1 Å². The van der Waals surface area contributed by atoms with Crippen LogP contribution in [0.5, 0.6) is 5.75 Å². The number of aliphatic hydroxyl groups excluding tert-OH is 1. The van der Waals surface area contributed by atoms with E-state index >= 15 is 0 Å². The molecule has 0 unspecified atom stereocenters. The number of benzene rings is 1. The summed E-state index contributed by atoms with van der Waals surface area (Å²) in [6.45, 7) is 3.55. The number of carbonyl (C=O) groups is 1. The smallest absolute Gasteiger partial charge is 0.246 e. The minimum Gasteiger partial charge on any atom is -0.497 e. The molecule has 0 atom stereocenters. The van der Waals surface area contributed by atoms with Crippen molar-refractivity contribution in [1.29, 1.82) is 0 Å². The Balaban J connectivity index is 2.72.